The molecule has 1 N–H and O–H groups in total. The van der Waals surface area contributed by atoms with Crippen molar-refractivity contribution < 1.29 is 27.5 Å². The number of carbonyl (C=O) groups is 2. The predicted molar refractivity (Wildman–Crippen MR) is 167 cm³/mol. The lowest BCUT2D eigenvalue weighted by molar-refractivity contribution is -0.139. The highest BCUT2D eigenvalue weighted by atomic mass is 35.5. The Bertz CT molecular complexity index is 1550. The number of hydrogen-bond donors (Lipinski definition) is 1. The Morgan fingerprint density at radius 3 is 2.30 bits per heavy atom. The minimum absolute atomic E-state index is 0.0213. The number of nitrogens with zero attached hydrogens (tertiary/aromatic N) is 2. The lowest BCUT2D eigenvalue weighted by Crippen LogP contribution is -2.52. The first-order valence-electron chi connectivity index (χ1n) is 13.9. The molecule has 0 radical (unpaired) electrons. The molecule has 43 heavy (non-hydrogen) atoms. The van der Waals surface area contributed by atoms with Crippen molar-refractivity contribution in [3.8, 4) is 11.5 Å². The Hall–Kier alpha value is -3.47. The van der Waals surface area contributed by atoms with Crippen molar-refractivity contribution in [3.63, 3.8) is 0 Å². The number of benzene rings is 3. The van der Waals surface area contributed by atoms with Crippen LogP contribution in [0.3, 0.4) is 0 Å². The van der Waals surface area contributed by atoms with Crippen molar-refractivity contribution in [2.24, 2.45) is 0 Å². The van der Waals surface area contributed by atoms with Crippen LogP contribution in [-0.4, -0.2) is 58.0 Å². The third kappa shape index (κ3) is 7.74. The van der Waals surface area contributed by atoms with E-state index in [1.807, 2.05) is 0 Å². The van der Waals surface area contributed by atoms with Crippen LogP contribution in [0.1, 0.15) is 38.2 Å². The average molecular weight is 649 g/mol. The molecule has 2 amide bonds. The van der Waals surface area contributed by atoms with Crippen molar-refractivity contribution in [2.75, 3.05) is 25.1 Å². The van der Waals surface area contributed by atoms with E-state index < -0.39 is 28.5 Å². The zero-order chi connectivity index (χ0) is 31.1. The molecule has 0 spiro atoms. The molecular formula is C31H35Cl2N3O6S. The van der Waals surface area contributed by atoms with Gasteiger partial charge in [-0.05, 0) is 61.7 Å². The minimum Gasteiger partial charge on any atom is -0.497 e. The minimum atomic E-state index is -4.29. The molecule has 1 fully saturated rings. The molecule has 0 saturated heterocycles. The maximum atomic E-state index is 14.2. The van der Waals surface area contributed by atoms with E-state index >= 15 is 0 Å². The van der Waals surface area contributed by atoms with Crippen molar-refractivity contribution in [2.45, 2.75) is 56.1 Å². The lowest BCUT2D eigenvalue weighted by atomic mass is 10.1. The fraction of sp³-hybridized carbons (Fsp3) is 0.355. The number of methoxy groups -OCH3 is 2. The van der Waals surface area contributed by atoms with Crippen molar-refractivity contribution in [1.82, 2.24) is 10.2 Å². The molecule has 1 unspecified atom stereocenters. The van der Waals surface area contributed by atoms with Crippen LogP contribution in [0.2, 0.25) is 10.0 Å². The second-order valence-corrected chi connectivity index (χ2v) is 13.0. The largest absolute Gasteiger partial charge is 0.497 e. The van der Waals surface area contributed by atoms with Crippen molar-refractivity contribution in [3.05, 3.63) is 82.3 Å². The topological polar surface area (TPSA) is 105 Å². The number of sulfonamides is 1. The van der Waals surface area contributed by atoms with E-state index in [1.54, 1.807) is 55.5 Å². The average Bonchev–Trinajstić information content (AvgIpc) is 3.52. The fourth-order valence-corrected chi connectivity index (χ4v) is 6.94. The molecular weight excluding hydrogens is 613 g/mol. The van der Waals surface area contributed by atoms with Gasteiger partial charge in [-0.3, -0.25) is 13.9 Å². The Morgan fingerprint density at radius 1 is 0.977 bits per heavy atom. The summed E-state index contributed by atoms with van der Waals surface area (Å²) in [4.78, 5) is 28.9. The number of carbonyl (C=O) groups excluding carboxylic acids is 2. The Morgan fingerprint density at radius 2 is 1.67 bits per heavy atom. The Balaban J connectivity index is 1.76. The number of anilines is 1. The van der Waals surface area contributed by atoms with Crippen LogP contribution in [0.15, 0.2) is 71.6 Å². The van der Waals surface area contributed by atoms with E-state index in [9.17, 15) is 18.0 Å². The highest BCUT2D eigenvalue weighted by molar-refractivity contribution is 7.92. The number of hydrogen-bond acceptors (Lipinski definition) is 6. The lowest BCUT2D eigenvalue weighted by Gasteiger charge is -2.33. The maximum absolute atomic E-state index is 14.2. The van der Waals surface area contributed by atoms with Crippen molar-refractivity contribution >= 4 is 50.7 Å². The Kier molecular flexibility index (Phi) is 10.8. The molecule has 230 valence electrons. The molecule has 1 saturated carbocycles. The van der Waals surface area contributed by atoms with Gasteiger partial charge in [-0.2, -0.15) is 0 Å². The molecule has 0 aliphatic heterocycles. The van der Waals surface area contributed by atoms with Gasteiger partial charge in [0.25, 0.3) is 10.0 Å². The quantitative estimate of drug-likeness (QED) is 0.271. The molecule has 1 atom stereocenters. The number of amides is 2. The summed E-state index contributed by atoms with van der Waals surface area (Å²) in [6, 6.07) is 16.4. The van der Waals surface area contributed by atoms with E-state index in [0.29, 0.717) is 21.4 Å². The molecule has 1 aliphatic rings. The predicted octanol–water partition coefficient (Wildman–Crippen LogP) is 5.68. The molecule has 0 heterocycles. The highest BCUT2D eigenvalue weighted by Gasteiger charge is 2.35. The number of halogens is 2. The summed E-state index contributed by atoms with van der Waals surface area (Å²) in [7, 11) is -1.42. The van der Waals surface area contributed by atoms with Gasteiger partial charge in [0.05, 0.1) is 24.8 Å². The number of ether oxygens (including phenoxy) is 2. The summed E-state index contributed by atoms with van der Waals surface area (Å²) >= 11 is 12.6. The zero-order valence-electron chi connectivity index (χ0n) is 24.3. The third-order valence-electron chi connectivity index (χ3n) is 7.49. The van der Waals surface area contributed by atoms with Crippen LogP contribution in [0.4, 0.5) is 5.69 Å². The maximum Gasteiger partial charge on any atom is 0.264 e. The van der Waals surface area contributed by atoms with Gasteiger partial charge in [-0.25, -0.2) is 8.42 Å². The molecule has 12 heteroatoms. The third-order valence-corrected chi connectivity index (χ3v) is 9.85. The molecule has 9 nitrogen and oxygen atoms in total. The first-order valence-corrected chi connectivity index (χ1v) is 16.1. The number of rotatable bonds is 12. The van der Waals surface area contributed by atoms with Gasteiger partial charge in [-0.1, -0.05) is 60.3 Å². The van der Waals surface area contributed by atoms with Gasteiger partial charge < -0.3 is 19.7 Å². The molecule has 3 aromatic rings. The van der Waals surface area contributed by atoms with Crippen LogP contribution in [-0.2, 0) is 26.2 Å². The molecule has 4 rings (SSSR count). The standard InChI is InChI=1S/C31H35Cl2N3O6S/c1-21(31(38)34-24-9-7-8-10-24)35(19-22-13-14-23(32)17-27(22)33)30(37)20-36(43(39,40)26-11-5-4-6-12-26)28-18-25(41-2)15-16-29(28)42-3/h4-6,11-18,21,24H,7-10,19-20H2,1-3H3,(H,34,38). The van der Waals surface area contributed by atoms with Crippen LogP contribution >= 0.6 is 23.2 Å². The van der Waals surface area contributed by atoms with Crippen molar-refractivity contribution in [1.29, 1.82) is 0 Å². The Labute approximate surface area is 262 Å². The second kappa shape index (κ2) is 14.3. The first-order chi connectivity index (χ1) is 20.5. The van der Waals surface area contributed by atoms with Crippen LogP contribution in [0.25, 0.3) is 0 Å². The summed E-state index contributed by atoms with van der Waals surface area (Å²) in [6.07, 6.45) is 3.79. The van der Waals surface area contributed by atoms with E-state index in [2.05, 4.69) is 5.32 Å². The number of nitrogens with one attached hydrogen (secondary N) is 1. The monoisotopic (exact) mass is 647 g/mol. The summed E-state index contributed by atoms with van der Waals surface area (Å²) in [6.45, 7) is 0.934. The molecule has 0 aromatic heterocycles. The van der Waals surface area contributed by atoms with E-state index in [1.165, 1.54) is 37.3 Å². The van der Waals surface area contributed by atoms with Gasteiger partial charge in [0.1, 0.15) is 24.1 Å². The normalized spacial score (nSPS) is 14.2. The fourth-order valence-electron chi connectivity index (χ4n) is 5.03. The van der Waals surface area contributed by atoms with Gasteiger partial charge in [0, 0.05) is 28.7 Å². The van der Waals surface area contributed by atoms with Gasteiger partial charge in [0.2, 0.25) is 11.8 Å². The molecule has 1 aliphatic carbocycles. The first kappa shape index (κ1) is 32.4. The van der Waals surface area contributed by atoms with Gasteiger partial charge in [-0.15, -0.1) is 0 Å². The smallest absolute Gasteiger partial charge is 0.264 e. The SMILES string of the molecule is COc1ccc(OC)c(N(CC(=O)N(Cc2ccc(Cl)cc2Cl)C(C)C(=O)NC2CCCC2)S(=O)(=O)c2ccccc2)c1. The van der Waals surface area contributed by atoms with E-state index in [-0.39, 0.29) is 34.8 Å². The molecule has 3 aromatic carbocycles. The summed E-state index contributed by atoms with van der Waals surface area (Å²) < 4.78 is 40.0. The van der Waals surface area contributed by atoms with E-state index in [4.69, 9.17) is 32.7 Å². The zero-order valence-corrected chi connectivity index (χ0v) is 26.6. The highest BCUT2D eigenvalue weighted by Crippen LogP contribution is 2.36. The van der Waals surface area contributed by atoms with Gasteiger partial charge in [0.15, 0.2) is 0 Å². The van der Waals surface area contributed by atoms with Crippen LogP contribution in [0.5, 0.6) is 11.5 Å². The van der Waals surface area contributed by atoms with Crippen LogP contribution in [0, 0.1) is 0 Å². The molecule has 0 bridgehead atoms. The van der Waals surface area contributed by atoms with E-state index in [0.717, 1.165) is 30.0 Å². The summed E-state index contributed by atoms with van der Waals surface area (Å²) in [5.74, 6) is -0.371. The second-order valence-electron chi connectivity index (χ2n) is 10.3. The van der Waals surface area contributed by atoms with Gasteiger partial charge >= 0.3 is 0 Å². The summed E-state index contributed by atoms with van der Waals surface area (Å²) in [5.41, 5.74) is 0.656. The summed E-state index contributed by atoms with van der Waals surface area (Å²) in [5, 5.41) is 3.78. The van der Waals surface area contributed by atoms with Crippen LogP contribution < -0.4 is 19.1 Å².